The summed E-state index contributed by atoms with van der Waals surface area (Å²) in [6, 6.07) is 8.70. The van der Waals surface area contributed by atoms with Crippen LogP contribution in [-0.2, 0) is 4.79 Å². The molecule has 0 aromatic heterocycles. The van der Waals surface area contributed by atoms with Crippen molar-refractivity contribution in [3.8, 4) is 0 Å². The number of hydrogen-bond acceptors (Lipinski definition) is 3. The summed E-state index contributed by atoms with van der Waals surface area (Å²) in [7, 11) is 1.82. The van der Waals surface area contributed by atoms with E-state index in [1.54, 1.807) is 0 Å². The van der Waals surface area contributed by atoms with Crippen LogP contribution in [0.2, 0.25) is 0 Å². The van der Waals surface area contributed by atoms with Gasteiger partial charge in [-0.05, 0) is 49.8 Å². The summed E-state index contributed by atoms with van der Waals surface area (Å²) in [5, 5.41) is 9.99. The molecule has 6 nitrogen and oxygen atoms in total. The number of aliphatic imine (C=N–C) groups is 1. The molecule has 0 spiro atoms. The van der Waals surface area contributed by atoms with Crippen LogP contribution in [0.25, 0.3) is 0 Å². The zero-order valence-corrected chi connectivity index (χ0v) is 18.3. The lowest BCUT2D eigenvalue weighted by molar-refractivity contribution is -0.116. The van der Waals surface area contributed by atoms with Crippen molar-refractivity contribution in [2.24, 2.45) is 10.9 Å². The Kier molecular flexibility index (Phi) is 7.26. The number of nitrogens with one attached hydrogen (secondary N) is 3. The number of fused-ring (bicyclic) bond motifs is 1. The monoisotopic (exact) mass is 411 g/mol. The molecule has 4 rings (SSSR count). The molecule has 2 aliphatic heterocycles. The van der Waals surface area contributed by atoms with Crippen LogP contribution in [0.4, 0.5) is 5.69 Å². The number of guanidine groups is 1. The van der Waals surface area contributed by atoms with Gasteiger partial charge in [0, 0.05) is 50.7 Å². The summed E-state index contributed by atoms with van der Waals surface area (Å²) >= 11 is 0. The van der Waals surface area contributed by atoms with Gasteiger partial charge in [-0.1, -0.05) is 37.5 Å². The van der Waals surface area contributed by atoms with Crippen molar-refractivity contribution < 1.29 is 4.79 Å². The smallest absolute Gasteiger partial charge is 0.225 e. The Balaban J connectivity index is 1.26. The van der Waals surface area contributed by atoms with Gasteiger partial charge in [0.2, 0.25) is 5.91 Å². The summed E-state index contributed by atoms with van der Waals surface area (Å²) in [4.78, 5) is 19.2. The van der Waals surface area contributed by atoms with Crippen LogP contribution < -0.4 is 16.0 Å². The third-order valence-electron chi connectivity index (χ3n) is 7.07. The van der Waals surface area contributed by atoms with E-state index >= 15 is 0 Å². The number of hydrogen-bond donors (Lipinski definition) is 3. The molecule has 0 bridgehead atoms. The SMILES string of the molecule is CN=C(NCC1CC(=O)Nc2ccccc21)NCC1CCCN1CC1CCCCC1. The molecule has 0 radical (unpaired) electrons. The van der Waals surface area contributed by atoms with Crippen LogP contribution in [0.15, 0.2) is 29.3 Å². The van der Waals surface area contributed by atoms with Gasteiger partial charge in [-0.25, -0.2) is 0 Å². The van der Waals surface area contributed by atoms with Crippen molar-refractivity contribution in [3.05, 3.63) is 29.8 Å². The topological polar surface area (TPSA) is 68.8 Å². The standard InChI is InChI=1S/C24H37N5O/c1-25-24(26-15-19-14-23(30)28-22-12-6-5-11-21(19)22)27-16-20-10-7-13-29(20)17-18-8-3-2-4-9-18/h5-6,11-12,18-20H,2-4,7-10,13-17H2,1H3,(H,28,30)(H2,25,26,27). The summed E-state index contributed by atoms with van der Waals surface area (Å²) in [5.41, 5.74) is 2.14. The number of anilines is 1. The highest BCUT2D eigenvalue weighted by atomic mass is 16.1. The lowest BCUT2D eigenvalue weighted by Crippen LogP contribution is -2.47. The van der Waals surface area contributed by atoms with Crippen molar-refractivity contribution in [2.45, 2.75) is 63.3 Å². The maximum absolute atomic E-state index is 12.1. The zero-order valence-electron chi connectivity index (χ0n) is 18.3. The second-order valence-corrected chi connectivity index (χ2v) is 9.17. The van der Waals surface area contributed by atoms with Crippen LogP contribution in [0.5, 0.6) is 0 Å². The normalized spacial score (nSPS) is 25.6. The Morgan fingerprint density at radius 2 is 1.90 bits per heavy atom. The highest BCUT2D eigenvalue weighted by Crippen LogP contribution is 2.31. The van der Waals surface area contributed by atoms with Crippen LogP contribution in [0, 0.1) is 5.92 Å². The van der Waals surface area contributed by atoms with Gasteiger partial charge < -0.3 is 16.0 Å². The molecule has 164 valence electrons. The maximum atomic E-state index is 12.1. The molecule has 6 heteroatoms. The van der Waals surface area contributed by atoms with E-state index in [-0.39, 0.29) is 11.8 Å². The summed E-state index contributed by atoms with van der Waals surface area (Å²) < 4.78 is 0. The highest BCUT2D eigenvalue weighted by molar-refractivity contribution is 5.94. The number of rotatable bonds is 6. The van der Waals surface area contributed by atoms with E-state index < -0.39 is 0 Å². The molecule has 3 aliphatic rings. The molecule has 2 atom stereocenters. The van der Waals surface area contributed by atoms with Gasteiger partial charge in [0.25, 0.3) is 0 Å². The quantitative estimate of drug-likeness (QED) is 0.496. The Hall–Kier alpha value is -2.08. The summed E-state index contributed by atoms with van der Waals surface area (Å²) in [6.45, 7) is 4.16. The Bertz CT molecular complexity index is 743. The first-order valence-electron chi connectivity index (χ1n) is 11.8. The van der Waals surface area contributed by atoms with Crippen LogP contribution in [-0.4, -0.2) is 56.0 Å². The minimum Gasteiger partial charge on any atom is -0.356 e. The third kappa shape index (κ3) is 5.34. The molecule has 1 saturated carbocycles. The predicted octanol–water partition coefficient (Wildman–Crippen LogP) is 3.32. The molecule has 1 amide bonds. The van der Waals surface area contributed by atoms with Crippen LogP contribution in [0.1, 0.15) is 62.8 Å². The van der Waals surface area contributed by atoms with E-state index in [2.05, 4.69) is 31.9 Å². The van der Waals surface area contributed by atoms with E-state index in [0.29, 0.717) is 19.0 Å². The van der Waals surface area contributed by atoms with Gasteiger partial charge in [-0.15, -0.1) is 0 Å². The molecule has 30 heavy (non-hydrogen) atoms. The van der Waals surface area contributed by atoms with Crippen molar-refractivity contribution in [3.63, 3.8) is 0 Å². The van der Waals surface area contributed by atoms with Gasteiger partial charge >= 0.3 is 0 Å². The molecule has 1 saturated heterocycles. The summed E-state index contributed by atoms with van der Waals surface area (Å²) in [6.07, 6.45) is 10.2. The lowest BCUT2D eigenvalue weighted by atomic mass is 9.89. The zero-order chi connectivity index (χ0) is 20.8. The number of nitrogens with zero attached hydrogens (tertiary/aromatic N) is 2. The molecule has 3 N–H and O–H groups in total. The largest absolute Gasteiger partial charge is 0.356 e. The van der Waals surface area contributed by atoms with Crippen molar-refractivity contribution in [1.82, 2.24) is 15.5 Å². The first-order valence-corrected chi connectivity index (χ1v) is 11.8. The number of para-hydroxylation sites is 1. The predicted molar refractivity (Wildman–Crippen MR) is 123 cm³/mol. The number of benzene rings is 1. The van der Waals surface area contributed by atoms with E-state index in [4.69, 9.17) is 0 Å². The molecule has 1 aliphatic carbocycles. The van der Waals surface area contributed by atoms with Gasteiger partial charge in [0.05, 0.1) is 0 Å². The van der Waals surface area contributed by atoms with E-state index in [9.17, 15) is 4.79 Å². The molecular formula is C24H37N5O. The molecule has 1 aromatic carbocycles. The number of likely N-dealkylation sites (tertiary alicyclic amines) is 1. The fraction of sp³-hybridized carbons (Fsp3) is 0.667. The maximum Gasteiger partial charge on any atom is 0.225 e. The van der Waals surface area contributed by atoms with E-state index in [1.165, 1.54) is 63.6 Å². The summed E-state index contributed by atoms with van der Waals surface area (Å²) in [5.74, 6) is 1.99. The molecule has 2 fully saturated rings. The Morgan fingerprint density at radius 3 is 2.73 bits per heavy atom. The Morgan fingerprint density at radius 1 is 1.10 bits per heavy atom. The van der Waals surface area contributed by atoms with Gasteiger partial charge in [-0.3, -0.25) is 14.7 Å². The fourth-order valence-electron chi connectivity index (χ4n) is 5.41. The minimum absolute atomic E-state index is 0.0905. The fourth-order valence-corrected chi connectivity index (χ4v) is 5.41. The van der Waals surface area contributed by atoms with Crippen molar-refractivity contribution in [2.75, 3.05) is 38.5 Å². The van der Waals surface area contributed by atoms with Crippen LogP contribution >= 0.6 is 0 Å². The van der Waals surface area contributed by atoms with Gasteiger partial charge in [-0.2, -0.15) is 0 Å². The number of amides is 1. The second kappa shape index (κ2) is 10.3. The van der Waals surface area contributed by atoms with E-state index in [1.807, 2.05) is 25.2 Å². The molecule has 1 aromatic rings. The second-order valence-electron chi connectivity index (χ2n) is 9.17. The highest BCUT2D eigenvalue weighted by Gasteiger charge is 2.28. The first-order chi connectivity index (χ1) is 14.7. The van der Waals surface area contributed by atoms with Crippen molar-refractivity contribution >= 4 is 17.6 Å². The van der Waals surface area contributed by atoms with Crippen LogP contribution in [0.3, 0.4) is 0 Å². The first kappa shape index (κ1) is 21.2. The molecular weight excluding hydrogens is 374 g/mol. The average Bonchev–Trinajstić information content (AvgIpc) is 3.21. The van der Waals surface area contributed by atoms with Gasteiger partial charge in [0.1, 0.15) is 0 Å². The average molecular weight is 412 g/mol. The van der Waals surface area contributed by atoms with Gasteiger partial charge in [0.15, 0.2) is 5.96 Å². The number of carbonyl (C=O) groups is 1. The number of carbonyl (C=O) groups excluding carboxylic acids is 1. The Labute approximate surface area is 180 Å². The molecule has 2 heterocycles. The molecule has 2 unspecified atom stereocenters. The minimum atomic E-state index is 0.0905. The van der Waals surface area contributed by atoms with E-state index in [0.717, 1.165) is 24.1 Å². The lowest BCUT2D eigenvalue weighted by Gasteiger charge is -2.31. The third-order valence-corrected chi connectivity index (χ3v) is 7.07. The van der Waals surface area contributed by atoms with Crippen molar-refractivity contribution in [1.29, 1.82) is 0 Å².